The van der Waals surface area contributed by atoms with E-state index in [-0.39, 0.29) is 17.6 Å². The average Bonchev–Trinajstić information content (AvgIpc) is 2.29. The standard InChI is InChI=1S/C14H19NO2/c16-11-4-1-3-10(9-11)14-6-2-5-12(13(14)17)15-8-7-14/h1,3-4,9,12-13,15-17H,2,5-8H2/t12-,13+,14-/m0/s1. The van der Waals surface area contributed by atoms with E-state index in [1.54, 1.807) is 6.07 Å². The summed E-state index contributed by atoms with van der Waals surface area (Å²) in [6.45, 7) is 0.956. The minimum Gasteiger partial charge on any atom is -0.508 e. The van der Waals surface area contributed by atoms with E-state index in [2.05, 4.69) is 5.32 Å². The fourth-order valence-electron chi connectivity index (χ4n) is 3.57. The van der Waals surface area contributed by atoms with Crippen LogP contribution >= 0.6 is 0 Å². The molecule has 2 bridgehead atoms. The first-order chi connectivity index (χ1) is 8.22. The number of fused-ring (bicyclic) bond motifs is 2. The van der Waals surface area contributed by atoms with Crippen LogP contribution in [0.2, 0.25) is 0 Å². The highest BCUT2D eigenvalue weighted by atomic mass is 16.3. The van der Waals surface area contributed by atoms with Crippen molar-refractivity contribution in [2.24, 2.45) is 0 Å². The van der Waals surface area contributed by atoms with Crippen LogP contribution in [0.3, 0.4) is 0 Å². The lowest BCUT2D eigenvalue weighted by molar-refractivity contribution is -0.0140. The summed E-state index contributed by atoms with van der Waals surface area (Å²) in [5, 5.41) is 23.6. The Labute approximate surface area is 101 Å². The Hall–Kier alpha value is -1.06. The summed E-state index contributed by atoms with van der Waals surface area (Å²) in [5.74, 6) is 0.296. The number of aliphatic hydroxyl groups excluding tert-OH is 1. The molecule has 1 aliphatic carbocycles. The molecule has 3 heteroatoms. The molecule has 0 spiro atoms. The molecular formula is C14H19NO2. The van der Waals surface area contributed by atoms with E-state index in [1.165, 1.54) is 0 Å². The van der Waals surface area contributed by atoms with E-state index < -0.39 is 0 Å². The maximum Gasteiger partial charge on any atom is 0.115 e. The summed E-state index contributed by atoms with van der Waals surface area (Å²) in [6, 6.07) is 7.64. The van der Waals surface area contributed by atoms with Gasteiger partial charge in [0.15, 0.2) is 0 Å². The van der Waals surface area contributed by atoms with Gasteiger partial charge >= 0.3 is 0 Å². The Kier molecular flexibility index (Phi) is 2.60. The van der Waals surface area contributed by atoms with Crippen molar-refractivity contribution in [3.63, 3.8) is 0 Å². The topological polar surface area (TPSA) is 52.5 Å². The number of benzene rings is 1. The molecule has 0 radical (unpaired) electrons. The molecular weight excluding hydrogens is 214 g/mol. The Balaban J connectivity index is 2.03. The number of phenols is 1. The highest BCUT2D eigenvalue weighted by Gasteiger charge is 2.48. The third-order valence-electron chi connectivity index (χ3n) is 4.48. The minimum atomic E-state index is -0.327. The lowest BCUT2D eigenvalue weighted by Gasteiger charge is -2.50. The predicted molar refractivity (Wildman–Crippen MR) is 66.1 cm³/mol. The van der Waals surface area contributed by atoms with Gasteiger partial charge in [-0.2, -0.15) is 0 Å². The zero-order chi connectivity index (χ0) is 11.9. The second kappa shape index (κ2) is 4.00. The van der Waals surface area contributed by atoms with Crippen molar-refractivity contribution in [3.05, 3.63) is 29.8 Å². The molecule has 3 rings (SSSR count). The maximum atomic E-state index is 10.5. The van der Waals surface area contributed by atoms with E-state index in [4.69, 9.17) is 0 Å². The van der Waals surface area contributed by atoms with Gasteiger partial charge in [0.2, 0.25) is 0 Å². The predicted octanol–water partition coefficient (Wildman–Crippen LogP) is 1.54. The van der Waals surface area contributed by atoms with Crippen molar-refractivity contribution in [3.8, 4) is 5.75 Å². The van der Waals surface area contributed by atoms with Gasteiger partial charge in [-0.05, 0) is 43.5 Å². The van der Waals surface area contributed by atoms with Crippen LogP contribution in [0.4, 0.5) is 0 Å². The Bertz CT molecular complexity index is 408. The molecule has 3 nitrogen and oxygen atoms in total. The van der Waals surface area contributed by atoms with Crippen molar-refractivity contribution < 1.29 is 10.2 Å². The van der Waals surface area contributed by atoms with Gasteiger partial charge in [0.05, 0.1) is 6.10 Å². The van der Waals surface area contributed by atoms with Gasteiger partial charge < -0.3 is 15.5 Å². The molecule has 1 saturated heterocycles. The fraction of sp³-hybridized carbons (Fsp3) is 0.571. The number of aliphatic hydroxyl groups is 1. The molecule has 0 unspecified atom stereocenters. The zero-order valence-electron chi connectivity index (χ0n) is 9.89. The Morgan fingerprint density at radius 3 is 3.00 bits per heavy atom. The lowest BCUT2D eigenvalue weighted by Crippen LogP contribution is -2.60. The van der Waals surface area contributed by atoms with Crippen LogP contribution in [0.25, 0.3) is 0 Å². The number of aromatic hydroxyl groups is 1. The van der Waals surface area contributed by atoms with E-state index in [9.17, 15) is 10.2 Å². The molecule has 1 saturated carbocycles. The first-order valence-corrected chi connectivity index (χ1v) is 6.43. The van der Waals surface area contributed by atoms with Gasteiger partial charge in [0.1, 0.15) is 5.75 Å². The zero-order valence-corrected chi connectivity index (χ0v) is 9.89. The fourth-order valence-corrected chi connectivity index (χ4v) is 3.57. The quantitative estimate of drug-likeness (QED) is 0.689. The first kappa shape index (κ1) is 11.1. The molecule has 2 fully saturated rings. The third kappa shape index (κ3) is 1.65. The number of hydrogen-bond donors (Lipinski definition) is 3. The Morgan fingerprint density at radius 1 is 1.29 bits per heavy atom. The van der Waals surface area contributed by atoms with Crippen LogP contribution in [0, 0.1) is 0 Å². The van der Waals surface area contributed by atoms with Crippen molar-refractivity contribution in [2.75, 3.05) is 6.54 Å². The highest BCUT2D eigenvalue weighted by Crippen LogP contribution is 2.45. The molecule has 3 N–H and O–H groups in total. The monoisotopic (exact) mass is 233 g/mol. The lowest BCUT2D eigenvalue weighted by atomic mass is 9.62. The van der Waals surface area contributed by atoms with Crippen molar-refractivity contribution in [2.45, 2.75) is 43.2 Å². The molecule has 1 aromatic carbocycles. The van der Waals surface area contributed by atoms with Crippen LogP contribution in [0.1, 0.15) is 31.2 Å². The smallest absolute Gasteiger partial charge is 0.115 e. The van der Waals surface area contributed by atoms with Crippen molar-refractivity contribution in [1.29, 1.82) is 0 Å². The summed E-state index contributed by atoms with van der Waals surface area (Å²) < 4.78 is 0. The van der Waals surface area contributed by atoms with Crippen LogP contribution in [0.15, 0.2) is 24.3 Å². The van der Waals surface area contributed by atoms with Gasteiger partial charge in [-0.25, -0.2) is 0 Å². The molecule has 1 aromatic rings. The number of phenolic OH excluding ortho intramolecular Hbond substituents is 1. The third-order valence-corrected chi connectivity index (χ3v) is 4.48. The molecule has 0 amide bonds. The average molecular weight is 233 g/mol. The largest absolute Gasteiger partial charge is 0.508 e. The normalized spacial score (nSPS) is 36.8. The van der Waals surface area contributed by atoms with Crippen molar-refractivity contribution >= 4 is 0 Å². The van der Waals surface area contributed by atoms with Crippen LogP contribution in [0.5, 0.6) is 5.75 Å². The van der Waals surface area contributed by atoms with Gasteiger partial charge in [-0.3, -0.25) is 0 Å². The summed E-state index contributed by atoms with van der Waals surface area (Å²) in [7, 11) is 0. The number of rotatable bonds is 1. The van der Waals surface area contributed by atoms with Gasteiger partial charge in [0.25, 0.3) is 0 Å². The van der Waals surface area contributed by atoms with Gasteiger partial charge in [0, 0.05) is 11.5 Å². The van der Waals surface area contributed by atoms with E-state index >= 15 is 0 Å². The minimum absolute atomic E-state index is 0.146. The van der Waals surface area contributed by atoms with E-state index in [1.807, 2.05) is 18.2 Å². The molecule has 0 aromatic heterocycles. The molecule has 2 aliphatic rings. The van der Waals surface area contributed by atoms with Crippen molar-refractivity contribution in [1.82, 2.24) is 5.32 Å². The molecule has 1 heterocycles. The van der Waals surface area contributed by atoms with Gasteiger partial charge in [-0.15, -0.1) is 0 Å². The number of nitrogens with one attached hydrogen (secondary N) is 1. The number of piperidine rings is 1. The second-order valence-electron chi connectivity index (χ2n) is 5.35. The van der Waals surface area contributed by atoms with Crippen LogP contribution < -0.4 is 5.32 Å². The molecule has 92 valence electrons. The molecule has 1 aliphatic heterocycles. The summed E-state index contributed by atoms with van der Waals surface area (Å²) >= 11 is 0. The van der Waals surface area contributed by atoms with Crippen LogP contribution in [-0.4, -0.2) is 28.9 Å². The van der Waals surface area contributed by atoms with E-state index in [0.29, 0.717) is 5.75 Å². The first-order valence-electron chi connectivity index (χ1n) is 6.43. The van der Waals surface area contributed by atoms with Crippen LogP contribution in [-0.2, 0) is 5.41 Å². The Morgan fingerprint density at radius 2 is 2.18 bits per heavy atom. The van der Waals surface area contributed by atoms with E-state index in [0.717, 1.165) is 37.8 Å². The molecule has 3 atom stereocenters. The highest BCUT2D eigenvalue weighted by molar-refractivity contribution is 5.36. The summed E-state index contributed by atoms with van der Waals surface area (Å²) in [5.41, 5.74) is 0.948. The number of hydrogen-bond acceptors (Lipinski definition) is 3. The SMILES string of the molecule is Oc1cccc([C@]23CCC[C@H](NCC2)[C@H]3O)c1. The molecule has 17 heavy (non-hydrogen) atoms. The maximum absolute atomic E-state index is 10.5. The van der Waals surface area contributed by atoms with Gasteiger partial charge in [-0.1, -0.05) is 18.6 Å². The summed E-state index contributed by atoms with van der Waals surface area (Å²) in [4.78, 5) is 0. The summed E-state index contributed by atoms with van der Waals surface area (Å²) in [6.07, 6.45) is 3.85. The second-order valence-corrected chi connectivity index (χ2v) is 5.35.